The van der Waals surface area contributed by atoms with Gasteiger partial charge in [-0.2, -0.15) is 23.3 Å². The Morgan fingerprint density at radius 1 is 1.12 bits per heavy atom. The van der Waals surface area contributed by atoms with Crippen LogP contribution in [0.4, 0.5) is 19.0 Å². The van der Waals surface area contributed by atoms with Gasteiger partial charge in [0.25, 0.3) is 0 Å². The molecule has 0 amide bonds. The number of H-pyrrole nitrogens is 1. The van der Waals surface area contributed by atoms with Crippen LogP contribution in [0.1, 0.15) is 35.3 Å². The fraction of sp³-hybridized carbons (Fsp3) is 0.174. The first kappa shape index (κ1) is 24.0. The highest BCUT2D eigenvalue weighted by atomic mass is 127. The van der Waals surface area contributed by atoms with Crippen LogP contribution < -0.4 is 10.6 Å². The van der Waals surface area contributed by atoms with Crippen LogP contribution in [-0.2, 0) is 6.18 Å². The van der Waals surface area contributed by atoms with Gasteiger partial charge in [-0.3, -0.25) is 15.4 Å². The van der Waals surface area contributed by atoms with Crippen LogP contribution in [0.2, 0.25) is 0 Å². The van der Waals surface area contributed by atoms with E-state index in [0.29, 0.717) is 17.3 Å². The first-order chi connectivity index (χ1) is 16.3. The van der Waals surface area contributed by atoms with E-state index in [-0.39, 0.29) is 6.04 Å². The van der Waals surface area contributed by atoms with E-state index in [9.17, 15) is 13.2 Å². The summed E-state index contributed by atoms with van der Waals surface area (Å²) in [6, 6.07) is 10.9. The van der Waals surface area contributed by atoms with E-state index in [1.807, 2.05) is 26.0 Å². The number of aliphatic imine (C=N–C) groups is 2. The number of allylic oxidation sites excluding steroid dienone is 1. The molecule has 0 fully saturated rings. The Labute approximate surface area is 204 Å². The average molecular weight is 579 g/mol. The zero-order valence-electron chi connectivity index (χ0n) is 18.2. The predicted octanol–water partition coefficient (Wildman–Crippen LogP) is 5.24. The van der Waals surface area contributed by atoms with E-state index >= 15 is 0 Å². The van der Waals surface area contributed by atoms with Crippen molar-refractivity contribution >= 4 is 46.1 Å². The Bertz CT molecular complexity index is 1280. The van der Waals surface area contributed by atoms with Crippen LogP contribution in [0.5, 0.6) is 0 Å². The highest BCUT2D eigenvalue weighted by molar-refractivity contribution is 14.2. The molecule has 1 aliphatic heterocycles. The number of aromatic nitrogens is 3. The SMILES string of the molecule is Cc1cc(N=C2N=C(/C=C/c3cccc(C(F)(F)F)c3)I=C(NC(C)c3ccncc3)N2)n[nH]1. The van der Waals surface area contributed by atoms with Crippen molar-refractivity contribution in [3.8, 4) is 0 Å². The number of hydrogen-bond acceptors (Lipinski definition) is 4. The van der Waals surface area contributed by atoms with Gasteiger partial charge >= 0.3 is 6.18 Å². The van der Waals surface area contributed by atoms with E-state index < -0.39 is 32.5 Å². The summed E-state index contributed by atoms with van der Waals surface area (Å²) in [6.45, 7) is 3.91. The molecule has 0 bridgehead atoms. The van der Waals surface area contributed by atoms with Gasteiger partial charge in [-0.15, -0.1) is 0 Å². The Morgan fingerprint density at radius 3 is 2.62 bits per heavy atom. The predicted molar refractivity (Wildman–Crippen MR) is 136 cm³/mol. The molecule has 3 heterocycles. The smallest absolute Gasteiger partial charge is 0.310 e. The molecular weight excluding hydrogens is 558 g/mol. The number of alkyl halides is 3. The second kappa shape index (κ2) is 10.4. The minimum absolute atomic E-state index is 0.00544. The molecule has 1 aliphatic rings. The minimum atomic E-state index is -4.39. The van der Waals surface area contributed by atoms with Gasteiger partial charge < -0.3 is 5.32 Å². The lowest BCUT2D eigenvalue weighted by molar-refractivity contribution is -0.137. The summed E-state index contributed by atoms with van der Waals surface area (Å²) in [5.74, 6) is 0.831. The van der Waals surface area contributed by atoms with Gasteiger partial charge in [0.2, 0.25) is 5.96 Å². The van der Waals surface area contributed by atoms with Crippen molar-refractivity contribution in [3.05, 3.63) is 83.3 Å². The van der Waals surface area contributed by atoms with Crippen molar-refractivity contribution in [2.45, 2.75) is 26.1 Å². The zero-order chi connectivity index (χ0) is 24.1. The molecule has 0 spiro atoms. The Morgan fingerprint density at radius 2 is 1.91 bits per heavy atom. The molecule has 1 aromatic carbocycles. The number of guanidine groups is 1. The molecule has 34 heavy (non-hydrogen) atoms. The van der Waals surface area contributed by atoms with E-state index in [0.717, 1.165) is 30.9 Å². The van der Waals surface area contributed by atoms with E-state index in [1.54, 1.807) is 36.7 Å². The number of pyridine rings is 1. The first-order valence-corrected chi connectivity index (χ1v) is 12.4. The lowest BCUT2D eigenvalue weighted by Crippen LogP contribution is -2.42. The summed E-state index contributed by atoms with van der Waals surface area (Å²) in [7, 11) is 0. The minimum Gasteiger partial charge on any atom is -0.310 e. The summed E-state index contributed by atoms with van der Waals surface area (Å²) >= 11 is -0.759. The van der Waals surface area contributed by atoms with Crippen LogP contribution in [0, 0.1) is 6.92 Å². The molecule has 3 aromatic rings. The molecule has 1 unspecified atom stereocenters. The van der Waals surface area contributed by atoms with Crippen LogP contribution in [-0.4, -0.2) is 28.6 Å². The van der Waals surface area contributed by atoms with Crippen molar-refractivity contribution < 1.29 is 13.2 Å². The van der Waals surface area contributed by atoms with E-state index in [4.69, 9.17) is 0 Å². The third-order valence-corrected chi connectivity index (χ3v) is 6.99. The molecular formula is C23H21F3IN7. The molecule has 176 valence electrons. The van der Waals surface area contributed by atoms with Gasteiger partial charge in [0.15, 0.2) is 5.82 Å². The third-order valence-electron chi connectivity index (χ3n) is 4.72. The summed E-state index contributed by atoms with van der Waals surface area (Å²) in [5, 5.41) is 13.7. The molecule has 0 aliphatic carbocycles. The van der Waals surface area contributed by atoms with E-state index in [2.05, 4.69) is 35.8 Å². The molecule has 11 heteroatoms. The first-order valence-electron chi connectivity index (χ1n) is 10.3. The maximum absolute atomic E-state index is 13.0. The van der Waals surface area contributed by atoms with Gasteiger partial charge in [0, 0.05) is 30.2 Å². The Balaban J connectivity index is 1.61. The molecule has 1 atom stereocenters. The monoisotopic (exact) mass is 579 g/mol. The summed E-state index contributed by atoms with van der Waals surface area (Å²) in [6.07, 6.45) is 2.46. The summed E-state index contributed by atoms with van der Waals surface area (Å²) < 4.78 is 40.7. The van der Waals surface area contributed by atoms with Crippen LogP contribution in [0.3, 0.4) is 0 Å². The lowest BCUT2D eigenvalue weighted by atomic mass is 10.1. The highest BCUT2D eigenvalue weighted by Crippen LogP contribution is 2.30. The van der Waals surface area contributed by atoms with Gasteiger partial charge in [0.1, 0.15) is 7.48 Å². The topological polar surface area (TPSA) is 90.3 Å². The molecule has 7 nitrogen and oxygen atoms in total. The van der Waals surface area contributed by atoms with Crippen molar-refractivity contribution in [2.24, 2.45) is 9.98 Å². The Kier molecular flexibility index (Phi) is 7.32. The third kappa shape index (κ3) is 6.44. The standard InChI is InChI=1S/C23H21F3IN7/c1-14-12-20(34-33-14)31-22-30-19(7-6-16-4-3-5-18(13-16)23(24,25)26)27-21(32-22)29-15(2)17-8-10-28-11-9-17/h3-13,15H,1-2H3,(H3,29,30,31,32,33,34)/b7-6+. The number of nitrogens with zero attached hydrogens (tertiary/aromatic N) is 4. The van der Waals surface area contributed by atoms with E-state index in [1.165, 1.54) is 6.07 Å². The number of halogens is 4. The van der Waals surface area contributed by atoms with Crippen LogP contribution >= 0.6 is 20.7 Å². The maximum Gasteiger partial charge on any atom is 0.416 e. The van der Waals surface area contributed by atoms with Gasteiger partial charge in [-0.25, -0.2) is 4.99 Å². The van der Waals surface area contributed by atoms with Gasteiger partial charge in [-0.1, -0.05) is 18.2 Å². The number of aromatic amines is 1. The van der Waals surface area contributed by atoms with Gasteiger partial charge in [0.05, 0.1) is 5.56 Å². The number of rotatable bonds is 6. The molecule has 0 saturated carbocycles. The molecule has 2 aromatic heterocycles. The van der Waals surface area contributed by atoms with Crippen molar-refractivity contribution in [2.75, 3.05) is 0 Å². The lowest BCUT2D eigenvalue weighted by Gasteiger charge is -2.20. The van der Waals surface area contributed by atoms with Crippen molar-refractivity contribution in [1.29, 1.82) is 0 Å². The number of hydrogen-bond donors (Lipinski definition) is 3. The van der Waals surface area contributed by atoms with Crippen LogP contribution in [0.25, 0.3) is 6.08 Å². The quantitative estimate of drug-likeness (QED) is 0.349. The van der Waals surface area contributed by atoms with Crippen molar-refractivity contribution in [3.63, 3.8) is 0 Å². The zero-order valence-corrected chi connectivity index (χ0v) is 20.4. The highest BCUT2D eigenvalue weighted by Gasteiger charge is 2.30. The number of aryl methyl sites for hydroxylation is 1. The van der Waals surface area contributed by atoms with Crippen LogP contribution in [0.15, 0.2) is 70.9 Å². The molecule has 4 rings (SSSR count). The number of nitrogens with one attached hydrogen (secondary N) is 3. The summed E-state index contributed by atoms with van der Waals surface area (Å²) in [5.41, 5.74) is 1.69. The average Bonchev–Trinajstić information content (AvgIpc) is 3.22. The normalized spacial score (nSPS) is 16.6. The maximum atomic E-state index is 13.0. The second-order valence-corrected chi connectivity index (χ2v) is 10.1. The fourth-order valence-electron chi connectivity index (χ4n) is 3.03. The molecule has 3 N–H and O–H groups in total. The second-order valence-electron chi connectivity index (χ2n) is 7.42. The largest absolute Gasteiger partial charge is 0.416 e. The van der Waals surface area contributed by atoms with Gasteiger partial charge in [-0.05, 0) is 76.0 Å². The Hall–Kier alpha value is -3.19. The van der Waals surface area contributed by atoms with Crippen molar-refractivity contribution in [1.82, 2.24) is 25.8 Å². The fourth-order valence-corrected chi connectivity index (χ4v) is 5.29. The molecule has 0 saturated heterocycles. The molecule has 0 radical (unpaired) electrons. The number of benzene rings is 1. The summed E-state index contributed by atoms with van der Waals surface area (Å²) in [4.78, 5) is 13.1.